The maximum Gasteiger partial charge on any atom is 0.261 e. The maximum atomic E-state index is 13.2. The van der Waals surface area contributed by atoms with E-state index in [2.05, 4.69) is 15.4 Å². The van der Waals surface area contributed by atoms with Crippen molar-refractivity contribution in [3.8, 4) is 0 Å². The van der Waals surface area contributed by atoms with Gasteiger partial charge in [0.05, 0.1) is 24.6 Å². The Morgan fingerprint density at radius 2 is 2.21 bits per heavy atom. The zero-order valence-electron chi connectivity index (χ0n) is 16.2. The monoisotopic (exact) mass is 435 g/mol. The van der Waals surface area contributed by atoms with Gasteiger partial charge in [-0.05, 0) is 13.0 Å². The molecule has 1 saturated heterocycles. The third kappa shape index (κ3) is 3.33. The Bertz CT molecular complexity index is 1180. The van der Waals surface area contributed by atoms with Gasteiger partial charge in [0.2, 0.25) is 10.0 Å². The highest BCUT2D eigenvalue weighted by atomic mass is 32.2. The maximum absolute atomic E-state index is 13.2. The van der Waals surface area contributed by atoms with Crippen molar-refractivity contribution in [2.45, 2.75) is 17.9 Å². The van der Waals surface area contributed by atoms with Crippen LogP contribution in [0.2, 0.25) is 0 Å². The summed E-state index contributed by atoms with van der Waals surface area (Å²) in [6.07, 6.45) is 2.47. The fourth-order valence-corrected chi connectivity index (χ4v) is 6.19. The highest BCUT2D eigenvalue weighted by molar-refractivity contribution is 7.89. The normalized spacial score (nSPS) is 18.2. The number of ether oxygens (including phenoxy) is 1. The van der Waals surface area contributed by atoms with Gasteiger partial charge >= 0.3 is 0 Å². The SMILES string of the molecule is CNC(=O)c1sc2ncccc2c1C1CN(S(=O)(=O)c2cnn(C)c2C)CCO1. The van der Waals surface area contributed by atoms with Gasteiger partial charge in [0, 0.05) is 44.3 Å². The molecule has 0 spiro atoms. The van der Waals surface area contributed by atoms with Crippen LogP contribution in [-0.2, 0) is 21.8 Å². The molecule has 1 amide bonds. The fourth-order valence-electron chi connectivity index (χ4n) is 3.44. The summed E-state index contributed by atoms with van der Waals surface area (Å²) in [6.45, 7) is 2.30. The molecule has 0 bridgehead atoms. The molecule has 11 heteroatoms. The first-order valence-corrected chi connectivity index (χ1v) is 11.3. The Balaban J connectivity index is 1.74. The molecular weight excluding hydrogens is 414 g/mol. The van der Waals surface area contributed by atoms with E-state index >= 15 is 0 Å². The van der Waals surface area contributed by atoms with E-state index in [9.17, 15) is 13.2 Å². The Hall–Kier alpha value is -2.34. The van der Waals surface area contributed by atoms with Crippen LogP contribution in [0.1, 0.15) is 27.0 Å². The number of sulfonamides is 1. The first kappa shape index (κ1) is 20.0. The predicted octanol–water partition coefficient (Wildman–Crippen LogP) is 1.46. The van der Waals surface area contributed by atoms with E-state index in [1.807, 2.05) is 6.07 Å². The Labute approximate surface area is 172 Å². The standard InChI is InChI=1S/C18H21N5O4S2/c1-11-14(9-21-22(11)3)29(25,26)23-7-8-27-13(10-23)15-12-5-4-6-20-18(12)28-16(15)17(24)19-2/h4-6,9,13H,7-8,10H2,1-3H3,(H,19,24). The molecule has 0 radical (unpaired) electrons. The van der Waals surface area contributed by atoms with Crippen molar-refractivity contribution in [1.82, 2.24) is 24.4 Å². The van der Waals surface area contributed by atoms with Crippen molar-refractivity contribution >= 4 is 37.5 Å². The van der Waals surface area contributed by atoms with Gasteiger partial charge in [-0.3, -0.25) is 9.48 Å². The zero-order chi connectivity index (χ0) is 20.8. The van der Waals surface area contributed by atoms with Crippen LogP contribution < -0.4 is 5.32 Å². The molecule has 0 saturated carbocycles. The van der Waals surface area contributed by atoms with Gasteiger partial charge in [0.15, 0.2) is 0 Å². The van der Waals surface area contributed by atoms with Gasteiger partial charge in [-0.1, -0.05) is 6.07 Å². The first-order chi connectivity index (χ1) is 13.8. The summed E-state index contributed by atoms with van der Waals surface area (Å²) in [5.41, 5.74) is 1.25. The molecule has 0 aliphatic carbocycles. The number of nitrogens with one attached hydrogen (secondary N) is 1. The topological polar surface area (TPSA) is 106 Å². The number of carbonyl (C=O) groups excluding carboxylic acids is 1. The van der Waals surface area contributed by atoms with Crippen LogP contribution in [0, 0.1) is 6.92 Å². The summed E-state index contributed by atoms with van der Waals surface area (Å²) in [7, 11) is -0.463. The van der Waals surface area contributed by atoms with Gasteiger partial charge in [-0.15, -0.1) is 11.3 Å². The number of fused-ring (bicyclic) bond motifs is 1. The third-order valence-electron chi connectivity index (χ3n) is 5.10. The lowest BCUT2D eigenvalue weighted by molar-refractivity contribution is -0.00193. The molecule has 9 nitrogen and oxygen atoms in total. The second-order valence-electron chi connectivity index (χ2n) is 6.72. The molecule has 4 heterocycles. The van der Waals surface area contributed by atoms with Crippen LogP contribution in [0.5, 0.6) is 0 Å². The van der Waals surface area contributed by atoms with E-state index in [0.29, 0.717) is 21.0 Å². The lowest BCUT2D eigenvalue weighted by Gasteiger charge is -2.32. The minimum atomic E-state index is -3.73. The zero-order valence-corrected chi connectivity index (χ0v) is 17.9. The van der Waals surface area contributed by atoms with Crippen molar-refractivity contribution in [3.05, 3.63) is 40.7 Å². The lowest BCUT2D eigenvalue weighted by atomic mass is 10.0. The third-order valence-corrected chi connectivity index (χ3v) is 8.19. The van der Waals surface area contributed by atoms with Gasteiger partial charge in [-0.25, -0.2) is 13.4 Å². The number of pyridine rings is 1. The summed E-state index contributed by atoms with van der Waals surface area (Å²) in [5.74, 6) is -0.241. The number of thiophene rings is 1. The Morgan fingerprint density at radius 3 is 2.90 bits per heavy atom. The second-order valence-corrected chi connectivity index (χ2v) is 9.63. The molecule has 3 aromatic heterocycles. The summed E-state index contributed by atoms with van der Waals surface area (Å²) in [6, 6.07) is 3.67. The molecule has 0 aromatic carbocycles. The summed E-state index contributed by atoms with van der Waals surface area (Å²) in [5, 5.41) is 7.50. The summed E-state index contributed by atoms with van der Waals surface area (Å²) < 4.78 is 35.3. The fraction of sp³-hybridized carbons (Fsp3) is 0.389. The molecule has 1 unspecified atom stereocenters. The smallest absolute Gasteiger partial charge is 0.261 e. The number of morpholine rings is 1. The summed E-state index contributed by atoms with van der Waals surface area (Å²) >= 11 is 1.28. The van der Waals surface area contributed by atoms with Crippen LogP contribution in [0.4, 0.5) is 0 Å². The van der Waals surface area contributed by atoms with Crippen LogP contribution in [0.3, 0.4) is 0 Å². The van der Waals surface area contributed by atoms with Gasteiger partial charge in [0.1, 0.15) is 14.6 Å². The van der Waals surface area contributed by atoms with Crippen molar-refractivity contribution < 1.29 is 17.9 Å². The largest absolute Gasteiger partial charge is 0.371 e. The molecular formula is C18H21N5O4S2. The van der Waals surface area contributed by atoms with Gasteiger partial charge in [0.25, 0.3) is 5.91 Å². The van der Waals surface area contributed by atoms with E-state index in [1.165, 1.54) is 26.5 Å². The van der Waals surface area contributed by atoms with E-state index in [4.69, 9.17) is 4.74 Å². The highest BCUT2D eigenvalue weighted by Gasteiger charge is 2.36. The molecule has 1 aliphatic rings. The Morgan fingerprint density at radius 1 is 1.41 bits per heavy atom. The van der Waals surface area contributed by atoms with E-state index in [-0.39, 0.29) is 30.5 Å². The van der Waals surface area contributed by atoms with Crippen molar-refractivity contribution in [2.24, 2.45) is 7.05 Å². The molecule has 29 heavy (non-hydrogen) atoms. The van der Waals surface area contributed by atoms with Gasteiger partial charge < -0.3 is 10.1 Å². The molecule has 3 aromatic rings. The lowest BCUT2D eigenvalue weighted by Crippen LogP contribution is -2.42. The number of aryl methyl sites for hydroxylation is 1. The average molecular weight is 436 g/mol. The highest BCUT2D eigenvalue weighted by Crippen LogP contribution is 2.38. The Kier molecular flexibility index (Phi) is 5.15. The minimum Gasteiger partial charge on any atom is -0.371 e. The summed E-state index contributed by atoms with van der Waals surface area (Å²) in [4.78, 5) is 18.2. The molecule has 1 fully saturated rings. The number of carbonyl (C=O) groups is 1. The van der Waals surface area contributed by atoms with Crippen LogP contribution in [-0.4, -0.2) is 60.1 Å². The molecule has 1 atom stereocenters. The van der Waals surface area contributed by atoms with Crippen molar-refractivity contribution in [2.75, 3.05) is 26.7 Å². The number of aromatic nitrogens is 3. The van der Waals surface area contributed by atoms with Crippen LogP contribution >= 0.6 is 11.3 Å². The molecule has 1 aliphatic heterocycles. The number of hydrogen-bond donors (Lipinski definition) is 1. The van der Waals surface area contributed by atoms with E-state index in [1.54, 1.807) is 33.3 Å². The average Bonchev–Trinajstić information content (AvgIpc) is 3.28. The van der Waals surface area contributed by atoms with Gasteiger partial charge in [-0.2, -0.15) is 9.40 Å². The number of hydrogen-bond acceptors (Lipinski definition) is 7. The van der Waals surface area contributed by atoms with E-state index in [0.717, 1.165) is 5.39 Å². The first-order valence-electron chi connectivity index (χ1n) is 9.04. The number of amides is 1. The molecule has 1 N–H and O–H groups in total. The van der Waals surface area contributed by atoms with Crippen molar-refractivity contribution in [3.63, 3.8) is 0 Å². The quantitative estimate of drug-likeness (QED) is 0.665. The molecule has 4 rings (SSSR count). The molecule has 154 valence electrons. The predicted molar refractivity (Wildman–Crippen MR) is 108 cm³/mol. The van der Waals surface area contributed by atoms with Crippen molar-refractivity contribution in [1.29, 1.82) is 0 Å². The van der Waals surface area contributed by atoms with Crippen LogP contribution in [0.25, 0.3) is 10.2 Å². The van der Waals surface area contributed by atoms with Crippen LogP contribution in [0.15, 0.2) is 29.4 Å². The number of nitrogens with zero attached hydrogens (tertiary/aromatic N) is 4. The number of rotatable bonds is 4. The second kappa shape index (κ2) is 7.48. The minimum absolute atomic E-state index is 0.112. The van der Waals surface area contributed by atoms with E-state index < -0.39 is 16.1 Å².